The first kappa shape index (κ1) is 11.8. The smallest absolute Gasteiger partial charge is 0.122 e. The zero-order chi connectivity index (χ0) is 12.7. The molecule has 3 heteroatoms. The molecule has 0 saturated carbocycles. The van der Waals surface area contributed by atoms with Crippen LogP contribution in [0.25, 0.3) is 0 Å². The molecule has 1 aromatic carbocycles. The van der Waals surface area contributed by atoms with Crippen LogP contribution < -0.4 is 4.74 Å². The molecule has 1 N–H and O–H groups in total. The Labute approximate surface area is 108 Å². The summed E-state index contributed by atoms with van der Waals surface area (Å²) in [4.78, 5) is 2.49. The van der Waals surface area contributed by atoms with Crippen molar-refractivity contribution in [2.45, 2.75) is 25.7 Å². The Bertz CT molecular complexity index is 458. The van der Waals surface area contributed by atoms with E-state index in [2.05, 4.69) is 11.8 Å². The minimum Gasteiger partial charge on any atom is -0.508 e. The number of methoxy groups -OCH3 is 1. The molecular weight excluding hydrogens is 226 g/mol. The molecule has 0 radical (unpaired) electrons. The molecule has 2 atom stereocenters. The maximum atomic E-state index is 10.2. The van der Waals surface area contributed by atoms with Crippen LogP contribution in [0, 0.1) is 5.92 Å². The van der Waals surface area contributed by atoms with Gasteiger partial charge in [0.05, 0.1) is 7.11 Å². The van der Waals surface area contributed by atoms with Crippen LogP contribution in [-0.2, 0) is 6.42 Å². The topological polar surface area (TPSA) is 32.7 Å². The number of phenols is 1. The highest BCUT2D eigenvalue weighted by Crippen LogP contribution is 2.47. The Balaban J connectivity index is 2.03. The number of likely N-dealkylation sites (N-methyl/N-ethyl adjacent to an activating group) is 1. The summed E-state index contributed by atoms with van der Waals surface area (Å²) in [5, 5.41) is 10.2. The lowest BCUT2D eigenvalue weighted by atomic mass is 9.76. The molecular formula is C15H21NO2. The fourth-order valence-electron chi connectivity index (χ4n) is 3.66. The third-order valence-corrected chi connectivity index (χ3v) is 4.61. The second-order valence-electron chi connectivity index (χ2n) is 5.44. The van der Waals surface area contributed by atoms with Gasteiger partial charge in [-0.3, -0.25) is 0 Å². The van der Waals surface area contributed by atoms with Crippen LogP contribution >= 0.6 is 0 Å². The van der Waals surface area contributed by atoms with Crippen LogP contribution in [0.15, 0.2) is 12.1 Å². The molecule has 0 unspecified atom stereocenters. The monoisotopic (exact) mass is 247 g/mol. The highest BCUT2D eigenvalue weighted by Gasteiger charge is 2.39. The van der Waals surface area contributed by atoms with Gasteiger partial charge in [-0.1, -0.05) is 6.92 Å². The molecule has 1 fully saturated rings. The molecule has 0 bridgehead atoms. The largest absolute Gasteiger partial charge is 0.508 e. The van der Waals surface area contributed by atoms with E-state index in [4.69, 9.17) is 4.74 Å². The van der Waals surface area contributed by atoms with Gasteiger partial charge in [0.2, 0.25) is 0 Å². The summed E-state index contributed by atoms with van der Waals surface area (Å²) in [7, 11) is 1.71. The molecule has 3 nitrogen and oxygen atoms in total. The maximum Gasteiger partial charge on any atom is 0.122 e. The molecule has 2 aliphatic rings. The van der Waals surface area contributed by atoms with E-state index in [9.17, 15) is 5.11 Å². The van der Waals surface area contributed by atoms with Gasteiger partial charge in [0.25, 0.3) is 0 Å². The lowest BCUT2D eigenvalue weighted by Crippen LogP contribution is -2.19. The number of aromatic hydroxyl groups is 1. The first-order chi connectivity index (χ1) is 8.74. The average molecular weight is 247 g/mol. The van der Waals surface area contributed by atoms with E-state index in [1.165, 1.54) is 18.5 Å². The van der Waals surface area contributed by atoms with Gasteiger partial charge in [-0.15, -0.1) is 0 Å². The van der Waals surface area contributed by atoms with E-state index >= 15 is 0 Å². The van der Waals surface area contributed by atoms with Crippen molar-refractivity contribution in [1.29, 1.82) is 0 Å². The number of likely N-dealkylation sites (tertiary alicyclic amines) is 1. The molecule has 3 rings (SSSR count). The number of benzene rings is 1. The lowest BCUT2D eigenvalue weighted by molar-refractivity contribution is 0.337. The van der Waals surface area contributed by atoms with Crippen LogP contribution in [-0.4, -0.2) is 36.8 Å². The van der Waals surface area contributed by atoms with Crippen molar-refractivity contribution >= 4 is 0 Å². The number of phenolic OH excluding ortho intramolecular Hbond substituents is 1. The number of hydrogen-bond donors (Lipinski definition) is 1. The molecule has 1 heterocycles. The number of ether oxygens (including phenoxy) is 1. The maximum absolute atomic E-state index is 10.2. The van der Waals surface area contributed by atoms with Gasteiger partial charge in [-0.05, 0) is 37.4 Å². The quantitative estimate of drug-likeness (QED) is 0.871. The highest BCUT2D eigenvalue weighted by atomic mass is 16.5. The molecule has 1 aliphatic carbocycles. The molecule has 18 heavy (non-hydrogen) atoms. The van der Waals surface area contributed by atoms with E-state index in [-0.39, 0.29) is 0 Å². The molecule has 0 amide bonds. The summed E-state index contributed by atoms with van der Waals surface area (Å²) in [5.74, 6) is 2.59. The van der Waals surface area contributed by atoms with Crippen molar-refractivity contribution in [1.82, 2.24) is 4.90 Å². The lowest BCUT2D eigenvalue weighted by Gasteiger charge is -2.29. The minimum absolute atomic E-state index is 0.457. The van der Waals surface area contributed by atoms with Crippen molar-refractivity contribution < 1.29 is 9.84 Å². The number of hydrogen-bond acceptors (Lipinski definition) is 3. The van der Waals surface area contributed by atoms with Crippen molar-refractivity contribution in [3.63, 3.8) is 0 Å². The molecule has 0 spiro atoms. The molecule has 1 aliphatic heterocycles. The Morgan fingerprint density at radius 1 is 1.39 bits per heavy atom. The number of nitrogens with zero attached hydrogens (tertiary/aromatic N) is 1. The average Bonchev–Trinajstić information content (AvgIpc) is 2.82. The summed E-state index contributed by atoms with van der Waals surface area (Å²) in [6.45, 7) is 5.57. The van der Waals surface area contributed by atoms with Gasteiger partial charge in [-0.25, -0.2) is 0 Å². The van der Waals surface area contributed by atoms with Gasteiger partial charge in [-0.2, -0.15) is 0 Å². The van der Waals surface area contributed by atoms with E-state index in [0.717, 1.165) is 30.8 Å². The summed E-state index contributed by atoms with van der Waals surface area (Å²) in [5.41, 5.74) is 2.39. The van der Waals surface area contributed by atoms with Crippen LogP contribution in [0.5, 0.6) is 11.5 Å². The standard InChI is InChI=1S/C15H21NO2/c1-3-16-8-10-4-5-11-14(18-2)7-6-13(17)15(11)12(10)9-16/h6-7,10,12,17H,3-5,8-9H2,1-2H3/t10-,12+/m0/s1. The van der Waals surface area contributed by atoms with Crippen LogP contribution in [0.1, 0.15) is 30.4 Å². The zero-order valence-electron chi connectivity index (χ0n) is 11.1. The third-order valence-electron chi connectivity index (χ3n) is 4.61. The Morgan fingerprint density at radius 2 is 2.22 bits per heavy atom. The van der Waals surface area contributed by atoms with Crippen molar-refractivity contribution in [2.75, 3.05) is 26.7 Å². The fraction of sp³-hybridized carbons (Fsp3) is 0.600. The van der Waals surface area contributed by atoms with Gasteiger partial charge in [0.15, 0.2) is 0 Å². The van der Waals surface area contributed by atoms with Gasteiger partial charge in [0, 0.05) is 30.1 Å². The Hall–Kier alpha value is -1.22. The van der Waals surface area contributed by atoms with Crippen LogP contribution in [0.3, 0.4) is 0 Å². The van der Waals surface area contributed by atoms with E-state index in [1.54, 1.807) is 13.2 Å². The molecule has 98 valence electrons. The highest BCUT2D eigenvalue weighted by molar-refractivity contribution is 5.52. The Kier molecular flexibility index (Phi) is 2.94. The second kappa shape index (κ2) is 4.47. The van der Waals surface area contributed by atoms with Crippen molar-refractivity contribution in [2.24, 2.45) is 5.92 Å². The first-order valence-corrected chi connectivity index (χ1v) is 6.85. The Morgan fingerprint density at radius 3 is 2.94 bits per heavy atom. The summed E-state index contributed by atoms with van der Waals surface area (Å²) in [6, 6.07) is 3.68. The van der Waals surface area contributed by atoms with Crippen LogP contribution in [0.4, 0.5) is 0 Å². The van der Waals surface area contributed by atoms with E-state index in [1.807, 2.05) is 6.07 Å². The minimum atomic E-state index is 0.457. The predicted molar refractivity (Wildman–Crippen MR) is 71.3 cm³/mol. The first-order valence-electron chi connectivity index (χ1n) is 6.85. The van der Waals surface area contributed by atoms with E-state index < -0.39 is 0 Å². The van der Waals surface area contributed by atoms with Gasteiger partial charge in [0.1, 0.15) is 11.5 Å². The molecule has 1 aromatic rings. The number of rotatable bonds is 2. The van der Waals surface area contributed by atoms with Crippen molar-refractivity contribution in [3.8, 4) is 11.5 Å². The van der Waals surface area contributed by atoms with Gasteiger partial charge < -0.3 is 14.7 Å². The van der Waals surface area contributed by atoms with Crippen LogP contribution in [0.2, 0.25) is 0 Å². The predicted octanol–water partition coefficient (Wildman–Crippen LogP) is 2.38. The number of fused-ring (bicyclic) bond motifs is 3. The molecule has 1 saturated heterocycles. The normalized spacial score (nSPS) is 26.8. The second-order valence-corrected chi connectivity index (χ2v) is 5.44. The summed E-state index contributed by atoms with van der Waals surface area (Å²) < 4.78 is 5.44. The summed E-state index contributed by atoms with van der Waals surface area (Å²) >= 11 is 0. The van der Waals surface area contributed by atoms with Crippen molar-refractivity contribution in [3.05, 3.63) is 23.3 Å². The zero-order valence-corrected chi connectivity index (χ0v) is 11.1. The summed E-state index contributed by atoms with van der Waals surface area (Å²) in [6.07, 6.45) is 2.25. The van der Waals surface area contributed by atoms with Gasteiger partial charge >= 0.3 is 0 Å². The molecule has 0 aromatic heterocycles. The van der Waals surface area contributed by atoms with E-state index in [0.29, 0.717) is 17.6 Å². The SMILES string of the molecule is CCN1C[C@@H]2CCc3c(OC)ccc(O)c3[C@@H]2C1. The third kappa shape index (κ3) is 1.69. The fourth-order valence-corrected chi connectivity index (χ4v) is 3.66.